The van der Waals surface area contributed by atoms with Crippen molar-refractivity contribution in [3.8, 4) is 0 Å². The monoisotopic (exact) mass is 509 g/mol. The number of likely N-dealkylation sites (tertiary alicyclic amines) is 2. The lowest BCUT2D eigenvalue weighted by molar-refractivity contribution is -0.203. The van der Waals surface area contributed by atoms with Crippen LogP contribution in [-0.2, 0) is 33.4 Å². The maximum atomic E-state index is 12.7. The molecule has 0 aliphatic carbocycles. The number of halogens is 3. The van der Waals surface area contributed by atoms with Gasteiger partial charge in [-0.25, -0.2) is 14.4 Å². The fourth-order valence-corrected chi connectivity index (χ4v) is 4.20. The number of hydrogen-bond donors (Lipinski definition) is 1. The van der Waals surface area contributed by atoms with E-state index >= 15 is 0 Å². The number of nitrogens with zero attached hydrogens (tertiary/aromatic N) is 3. The van der Waals surface area contributed by atoms with Crippen LogP contribution in [0.15, 0.2) is 0 Å². The van der Waals surface area contributed by atoms with Crippen LogP contribution in [0.5, 0.6) is 0 Å². The van der Waals surface area contributed by atoms with E-state index in [9.17, 15) is 42.3 Å². The summed E-state index contributed by atoms with van der Waals surface area (Å²) in [7, 11) is 1.48. The Morgan fingerprint density at radius 3 is 1.91 bits per heavy atom. The van der Waals surface area contributed by atoms with E-state index in [2.05, 4.69) is 4.74 Å². The van der Waals surface area contributed by atoms with Crippen molar-refractivity contribution in [1.29, 1.82) is 0 Å². The van der Waals surface area contributed by atoms with E-state index in [1.807, 2.05) is 0 Å². The zero-order chi connectivity index (χ0) is 26.2. The average Bonchev–Trinajstić information content (AvgIpc) is 3.47. The topological polar surface area (TPSA) is 134 Å². The molecule has 0 saturated carbocycles. The molecule has 2 fully saturated rings. The zero-order valence-corrected chi connectivity index (χ0v) is 19.4. The molecule has 2 rings (SSSR count). The van der Waals surface area contributed by atoms with Crippen molar-refractivity contribution in [2.24, 2.45) is 0 Å². The first-order valence-corrected chi connectivity index (χ1v) is 11.3. The highest BCUT2D eigenvalue weighted by atomic mass is 19.4. The molecule has 1 N–H and O–H groups in total. The van der Waals surface area contributed by atoms with Crippen LogP contribution >= 0.6 is 0 Å². The molecule has 0 radical (unpaired) electrons. The summed E-state index contributed by atoms with van der Waals surface area (Å²) in [6.07, 6.45) is -3.90. The minimum absolute atomic E-state index is 0.0416. The predicted octanol–water partition coefficient (Wildman–Crippen LogP) is 0.414. The maximum absolute atomic E-state index is 12.7. The van der Waals surface area contributed by atoms with Gasteiger partial charge in [-0.3, -0.25) is 9.59 Å². The molecule has 0 unspecified atom stereocenters. The third-order valence-electron chi connectivity index (χ3n) is 6.02. The standard InChI is InChI=1S/C21H30F3N3O8/c1-34-13-12-25(10-6-16(28)26-8-2-4-14(26)18(30)31)11-7-17(29)27-9-3-5-15(27)19(32)35-20(33)21(22,23)24/h14-15H,2-13H2,1H3,(H,30,31)/t14-,15-/m1/s1. The lowest BCUT2D eigenvalue weighted by Gasteiger charge is -2.27. The fourth-order valence-electron chi connectivity index (χ4n) is 4.20. The number of esters is 2. The molecule has 2 aliphatic heterocycles. The highest BCUT2D eigenvalue weighted by Crippen LogP contribution is 2.23. The Kier molecular flexibility index (Phi) is 10.4. The predicted molar refractivity (Wildman–Crippen MR) is 112 cm³/mol. The molecule has 0 aromatic heterocycles. The lowest BCUT2D eigenvalue weighted by atomic mass is 10.2. The van der Waals surface area contributed by atoms with Gasteiger partial charge in [0.25, 0.3) is 0 Å². The molecule has 2 aliphatic rings. The highest BCUT2D eigenvalue weighted by Gasteiger charge is 2.45. The molecule has 11 nitrogen and oxygen atoms in total. The number of carbonyl (C=O) groups excluding carboxylic acids is 4. The van der Waals surface area contributed by atoms with E-state index in [-0.39, 0.29) is 44.8 Å². The number of carbonyl (C=O) groups is 5. The number of hydrogen-bond acceptors (Lipinski definition) is 8. The molecule has 2 atom stereocenters. The van der Waals surface area contributed by atoms with Gasteiger partial charge in [0.05, 0.1) is 6.61 Å². The Labute approximate surface area is 200 Å². The Hall–Kier alpha value is -2.74. The van der Waals surface area contributed by atoms with E-state index in [1.54, 1.807) is 4.90 Å². The van der Waals surface area contributed by atoms with Gasteiger partial charge in [-0.1, -0.05) is 0 Å². The average molecular weight is 509 g/mol. The Balaban J connectivity index is 1.90. The van der Waals surface area contributed by atoms with Gasteiger partial charge in [0.1, 0.15) is 12.1 Å². The van der Waals surface area contributed by atoms with E-state index in [0.29, 0.717) is 39.0 Å². The first-order valence-electron chi connectivity index (χ1n) is 11.3. The van der Waals surface area contributed by atoms with Gasteiger partial charge < -0.3 is 29.3 Å². The number of amides is 2. The van der Waals surface area contributed by atoms with Gasteiger partial charge in [0.15, 0.2) is 0 Å². The number of methoxy groups -OCH3 is 1. The quantitative estimate of drug-likeness (QED) is 0.311. The third kappa shape index (κ3) is 8.16. The van der Waals surface area contributed by atoms with Crippen LogP contribution in [0, 0.1) is 0 Å². The Bertz CT molecular complexity index is 807. The molecule has 2 saturated heterocycles. The smallest absolute Gasteiger partial charge is 0.480 e. The molecule has 14 heteroatoms. The zero-order valence-electron chi connectivity index (χ0n) is 19.4. The molecule has 198 valence electrons. The number of aliphatic carboxylic acids is 1. The van der Waals surface area contributed by atoms with Crippen LogP contribution < -0.4 is 0 Å². The van der Waals surface area contributed by atoms with Crippen LogP contribution in [-0.4, -0.2) is 114 Å². The van der Waals surface area contributed by atoms with Gasteiger partial charge in [0, 0.05) is 52.7 Å². The van der Waals surface area contributed by atoms with Crippen LogP contribution in [0.4, 0.5) is 13.2 Å². The van der Waals surface area contributed by atoms with Crippen molar-refractivity contribution >= 4 is 29.7 Å². The number of rotatable bonds is 11. The molecule has 0 bridgehead atoms. The van der Waals surface area contributed by atoms with E-state index in [1.165, 1.54) is 12.0 Å². The van der Waals surface area contributed by atoms with E-state index < -0.39 is 42.1 Å². The first-order chi connectivity index (χ1) is 16.5. The summed E-state index contributed by atoms with van der Waals surface area (Å²) in [5.41, 5.74) is 0. The summed E-state index contributed by atoms with van der Waals surface area (Å²) in [5, 5.41) is 9.25. The summed E-state index contributed by atoms with van der Waals surface area (Å²) >= 11 is 0. The minimum atomic E-state index is -5.32. The largest absolute Gasteiger partial charge is 0.491 e. The fraction of sp³-hybridized carbons (Fsp3) is 0.762. The number of carboxylic acid groups (broad SMARTS) is 1. The second kappa shape index (κ2) is 12.8. The van der Waals surface area contributed by atoms with Crippen molar-refractivity contribution in [1.82, 2.24) is 14.7 Å². The van der Waals surface area contributed by atoms with Gasteiger partial charge in [-0.2, -0.15) is 13.2 Å². The first kappa shape index (κ1) is 28.5. The molecular weight excluding hydrogens is 479 g/mol. The van der Waals surface area contributed by atoms with Gasteiger partial charge in [-0.15, -0.1) is 0 Å². The molecule has 35 heavy (non-hydrogen) atoms. The van der Waals surface area contributed by atoms with Gasteiger partial charge >= 0.3 is 24.1 Å². The van der Waals surface area contributed by atoms with Gasteiger partial charge in [0.2, 0.25) is 11.8 Å². The number of carboxylic acids is 1. The van der Waals surface area contributed by atoms with Crippen molar-refractivity contribution in [2.45, 2.75) is 56.8 Å². The van der Waals surface area contributed by atoms with Crippen LogP contribution in [0.25, 0.3) is 0 Å². The van der Waals surface area contributed by atoms with E-state index in [4.69, 9.17) is 4.74 Å². The van der Waals surface area contributed by atoms with Gasteiger partial charge in [-0.05, 0) is 25.7 Å². The second-order valence-electron chi connectivity index (χ2n) is 8.37. The highest BCUT2D eigenvalue weighted by molar-refractivity contribution is 5.93. The van der Waals surface area contributed by atoms with E-state index in [0.717, 1.165) is 4.90 Å². The van der Waals surface area contributed by atoms with Crippen molar-refractivity contribution in [3.05, 3.63) is 0 Å². The summed E-state index contributed by atoms with van der Waals surface area (Å²) in [6, 6.07) is -2.11. The Morgan fingerprint density at radius 2 is 1.43 bits per heavy atom. The van der Waals surface area contributed by atoms with Crippen molar-refractivity contribution in [3.63, 3.8) is 0 Å². The molecule has 0 aromatic rings. The second-order valence-corrected chi connectivity index (χ2v) is 8.37. The SMILES string of the molecule is COCCN(CCC(=O)N1CCC[C@@H]1C(=O)O)CCC(=O)N1CCC[C@@H]1C(=O)OC(=O)C(F)(F)F. The van der Waals surface area contributed by atoms with Crippen LogP contribution in [0.3, 0.4) is 0 Å². The summed E-state index contributed by atoms with van der Waals surface area (Å²) in [6.45, 7) is 1.62. The van der Waals surface area contributed by atoms with Crippen LogP contribution in [0.1, 0.15) is 38.5 Å². The van der Waals surface area contributed by atoms with Crippen molar-refractivity contribution in [2.75, 3.05) is 46.4 Å². The third-order valence-corrected chi connectivity index (χ3v) is 6.02. The minimum Gasteiger partial charge on any atom is -0.480 e. The molecule has 2 amide bonds. The summed E-state index contributed by atoms with van der Waals surface area (Å²) in [4.78, 5) is 63.7. The molecule has 0 spiro atoms. The summed E-state index contributed by atoms with van der Waals surface area (Å²) in [5.74, 6) is -5.89. The number of ether oxygens (including phenoxy) is 2. The maximum Gasteiger partial charge on any atom is 0.491 e. The molecule has 0 aromatic carbocycles. The lowest BCUT2D eigenvalue weighted by Crippen LogP contribution is -2.45. The summed E-state index contributed by atoms with van der Waals surface area (Å²) < 4.78 is 46.1. The number of alkyl halides is 3. The van der Waals surface area contributed by atoms with Crippen molar-refractivity contribution < 1.29 is 51.7 Å². The van der Waals surface area contributed by atoms with Crippen LogP contribution in [0.2, 0.25) is 0 Å². The molecule has 2 heterocycles. The normalized spacial score (nSPS) is 20.4. The Morgan fingerprint density at radius 1 is 0.914 bits per heavy atom. The molecular formula is C21H30F3N3O8.